The molecule has 1 aromatic heterocycles. The number of hydrogen-bond acceptors (Lipinski definition) is 3. The van der Waals surface area contributed by atoms with Crippen LogP contribution < -0.4 is 0 Å². The van der Waals surface area contributed by atoms with Gasteiger partial charge in [0.2, 0.25) is 0 Å². The molecule has 0 atom stereocenters. The van der Waals surface area contributed by atoms with Gasteiger partial charge in [0.15, 0.2) is 5.60 Å². The lowest BCUT2D eigenvalue weighted by molar-refractivity contribution is -0.139. The second-order valence-corrected chi connectivity index (χ2v) is 4.82. The minimum atomic E-state index is -0.446. The van der Waals surface area contributed by atoms with E-state index >= 15 is 0 Å². The molecule has 2 amide bonds. The number of aromatic nitrogens is 2. The van der Waals surface area contributed by atoms with Crippen LogP contribution in [0.3, 0.4) is 0 Å². The summed E-state index contributed by atoms with van der Waals surface area (Å²) in [6.45, 7) is 3.68. The van der Waals surface area contributed by atoms with Crippen LogP contribution in [0.5, 0.6) is 0 Å². The van der Waals surface area contributed by atoms with Crippen LogP contribution >= 0.6 is 0 Å². The lowest BCUT2D eigenvalue weighted by atomic mass is 9.93. The van der Waals surface area contributed by atoms with E-state index in [0.717, 1.165) is 5.82 Å². The highest BCUT2D eigenvalue weighted by atomic mass is 16.5. The second-order valence-electron chi connectivity index (χ2n) is 4.82. The van der Waals surface area contributed by atoms with Crippen molar-refractivity contribution in [2.75, 3.05) is 33.8 Å². The van der Waals surface area contributed by atoms with E-state index in [1.807, 2.05) is 24.7 Å². The average Bonchev–Trinajstić information content (AvgIpc) is 2.68. The third kappa shape index (κ3) is 1.96. The Morgan fingerprint density at radius 1 is 1.56 bits per heavy atom. The maximum Gasteiger partial charge on any atom is 0.319 e. The van der Waals surface area contributed by atoms with Gasteiger partial charge in [-0.3, -0.25) is 0 Å². The van der Waals surface area contributed by atoms with Crippen LogP contribution in [0, 0.1) is 0 Å². The van der Waals surface area contributed by atoms with E-state index in [2.05, 4.69) is 4.98 Å². The first-order valence-electron chi connectivity index (χ1n) is 6.08. The minimum absolute atomic E-state index is 0.0135. The second kappa shape index (κ2) is 4.61. The van der Waals surface area contributed by atoms with Crippen LogP contribution in [-0.2, 0) is 17.4 Å². The molecule has 1 fully saturated rings. The Hall–Kier alpha value is -1.56. The van der Waals surface area contributed by atoms with Gasteiger partial charge in [-0.25, -0.2) is 9.78 Å². The Balaban J connectivity index is 2.15. The number of ether oxygens (including phenoxy) is 1. The summed E-state index contributed by atoms with van der Waals surface area (Å²) in [5.74, 6) is 0.882. The highest BCUT2D eigenvalue weighted by molar-refractivity contribution is 5.75. The quantitative estimate of drug-likeness (QED) is 0.793. The van der Waals surface area contributed by atoms with Crippen LogP contribution in [-0.4, -0.2) is 59.2 Å². The van der Waals surface area contributed by atoms with Crippen LogP contribution in [0.4, 0.5) is 4.79 Å². The number of carbonyl (C=O) groups is 1. The third-order valence-corrected chi connectivity index (χ3v) is 3.19. The van der Waals surface area contributed by atoms with Crippen molar-refractivity contribution in [2.45, 2.75) is 12.5 Å². The number of imidazole rings is 1. The van der Waals surface area contributed by atoms with Crippen molar-refractivity contribution >= 4 is 6.03 Å². The van der Waals surface area contributed by atoms with Gasteiger partial charge in [0.25, 0.3) is 0 Å². The number of rotatable bonds is 3. The number of nitrogens with zero attached hydrogens (tertiary/aromatic N) is 4. The summed E-state index contributed by atoms with van der Waals surface area (Å²) in [7, 11) is 5.45. The lowest BCUT2D eigenvalue weighted by Crippen LogP contribution is -2.65. The van der Waals surface area contributed by atoms with E-state index in [1.165, 1.54) is 0 Å². The maximum absolute atomic E-state index is 11.8. The van der Waals surface area contributed by atoms with Crippen molar-refractivity contribution in [1.82, 2.24) is 19.4 Å². The van der Waals surface area contributed by atoms with Gasteiger partial charge in [-0.1, -0.05) is 0 Å². The molecule has 0 spiro atoms. The normalized spacial score (nSPS) is 17.4. The van der Waals surface area contributed by atoms with Crippen LogP contribution in [0.2, 0.25) is 0 Å². The topological polar surface area (TPSA) is 50.6 Å². The standard InChI is InChI=1S/C12H20N4O2/c1-5-18-12(10-13-6-7-15(10)4)8-16(9-12)11(17)14(2)3/h6-7H,5,8-9H2,1-4H3. The van der Waals surface area contributed by atoms with Gasteiger partial charge in [0.1, 0.15) is 5.82 Å². The van der Waals surface area contributed by atoms with E-state index in [1.54, 1.807) is 30.1 Å². The van der Waals surface area contributed by atoms with Gasteiger partial charge in [-0.2, -0.15) is 0 Å². The molecule has 0 N–H and O–H groups in total. The van der Waals surface area contributed by atoms with Crippen molar-refractivity contribution in [3.05, 3.63) is 18.2 Å². The highest BCUT2D eigenvalue weighted by Gasteiger charge is 2.50. The molecule has 0 unspecified atom stereocenters. The van der Waals surface area contributed by atoms with Gasteiger partial charge in [0, 0.05) is 40.1 Å². The maximum atomic E-state index is 11.8. The Kier molecular flexibility index (Phi) is 3.30. The zero-order valence-electron chi connectivity index (χ0n) is 11.4. The van der Waals surface area contributed by atoms with E-state index < -0.39 is 5.60 Å². The van der Waals surface area contributed by atoms with Crippen molar-refractivity contribution < 1.29 is 9.53 Å². The van der Waals surface area contributed by atoms with E-state index in [9.17, 15) is 4.79 Å². The molecular formula is C12H20N4O2. The Bertz CT molecular complexity index is 435. The van der Waals surface area contributed by atoms with Gasteiger partial charge in [-0.05, 0) is 6.92 Å². The Morgan fingerprint density at radius 3 is 2.67 bits per heavy atom. The van der Waals surface area contributed by atoms with Gasteiger partial charge >= 0.3 is 6.03 Å². The number of likely N-dealkylation sites (tertiary alicyclic amines) is 1. The van der Waals surface area contributed by atoms with E-state index in [0.29, 0.717) is 19.7 Å². The summed E-state index contributed by atoms with van der Waals surface area (Å²) >= 11 is 0. The molecule has 6 heteroatoms. The molecule has 0 radical (unpaired) electrons. The predicted octanol–water partition coefficient (Wildman–Crippen LogP) is 0.649. The fourth-order valence-electron chi connectivity index (χ4n) is 2.37. The highest BCUT2D eigenvalue weighted by Crippen LogP contribution is 2.35. The van der Waals surface area contributed by atoms with Gasteiger partial charge < -0.3 is 19.1 Å². The molecule has 0 aliphatic carbocycles. The number of aryl methyl sites for hydroxylation is 1. The molecule has 1 aliphatic heterocycles. The molecule has 0 saturated carbocycles. The molecule has 0 aromatic carbocycles. The zero-order chi connectivity index (χ0) is 13.3. The molecule has 1 aliphatic rings. The Labute approximate surface area is 107 Å². The largest absolute Gasteiger partial charge is 0.364 e. The van der Waals surface area contributed by atoms with Crippen molar-refractivity contribution in [3.63, 3.8) is 0 Å². The molecule has 18 heavy (non-hydrogen) atoms. The van der Waals surface area contributed by atoms with Crippen molar-refractivity contribution in [2.24, 2.45) is 7.05 Å². The molecule has 2 rings (SSSR count). The van der Waals surface area contributed by atoms with Crippen LogP contribution in [0.1, 0.15) is 12.7 Å². The predicted molar refractivity (Wildman–Crippen MR) is 67.2 cm³/mol. The first kappa shape index (κ1) is 12.9. The molecule has 6 nitrogen and oxygen atoms in total. The summed E-state index contributed by atoms with van der Waals surface area (Å²) in [5.41, 5.74) is -0.446. The zero-order valence-corrected chi connectivity index (χ0v) is 11.4. The lowest BCUT2D eigenvalue weighted by Gasteiger charge is -2.49. The Morgan fingerprint density at radius 2 is 2.22 bits per heavy atom. The number of carbonyl (C=O) groups excluding carboxylic acids is 1. The number of urea groups is 1. The molecule has 1 aromatic rings. The number of amides is 2. The minimum Gasteiger partial charge on any atom is -0.364 e. The van der Waals surface area contributed by atoms with Crippen molar-refractivity contribution in [3.8, 4) is 0 Å². The molecular weight excluding hydrogens is 232 g/mol. The molecule has 2 heterocycles. The van der Waals surface area contributed by atoms with Gasteiger partial charge in [0.05, 0.1) is 13.1 Å². The average molecular weight is 252 g/mol. The van der Waals surface area contributed by atoms with Crippen LogP contribution in [0.25, 0.3) is 0 Å². The van der Waals surface area contributed by atoms with Crippen LogP contribution in [0.15, 0.2) is 12.4 Å². The summed E-state index contributed by atoms with van der Waals surface area (Å²) < 4.78 is 7.81. The first-order chi connectivity index (χ1) is 8.50. The summed E-state index contributed by atoms with van der Waals surface area (Å²) in [6, 6.07) is 0.0135. The SMILES string of the molecule is CCOC1(c2nccn2C)CN(C(=O)N(C)C)C1. The summed E-state index contributed by atoms with van der Waals surface area (Å²) in [4.78, 5) is 19.5. The summed E-state index contributed by atoms with van der Waals surface area (Å²) in [5, 5.41) is 0. The molecule has 100 valence electrons. The smallest absolute Gasteiger partial charge is 0.319 e. The van der Waals surface area contributed by atoms with Crippen molar-refractivity contribution in [1.29, 1.82) is 0 Å². The van der Waals surface area contributed by atoms with Gasteiger partial charge in [-0.15, -0.1) is 0 Å². The third-order valence-electron chi connectivity index (χ3n) is 3.19. The monoisotopic (exact) mass is 252 g/mol. The fourth-order valence-corrected chi connectivity index (χ4v) is 2.37. The summed E-state index contributed by atoms with van der Waals surface area (Å²) in [6.07, 6.45) is 3.65. The number of hydrogen-bond donors (Lipinski definition) is 0. The molecule has 0 bridgehead atoms. The molecule has 1 saturated heterocycles. The van der Waals surface area contributed by atoms with E-state index in [4.69, 9.17) is 4.74 Å². The van der Waals surface area contributed by atoms with E-state index in [-0.39, 0.29) is 6.03 Å². The first-order valence-corrected chi connectivity index (χ1v) is 6.08. The fraction of sp³-hybridized carbons (Fsp3) is 0.667.